The van der Waals surface area contributed by atoms with Crippen LogP contribution in [0.15, 0.2) is 12.7 Å². The molecule has 2 N–H and O–H groups in total. The number of fused-ring (bicyclic) bond motifs is 2. The first kappa shape index (κ1) is 14.2. The van der Waals surface area contributed by atoms with Crippen LogP contribution in [0.2, 0.25) is 0 Å². The Hall–Kier alpha value is -1.39. The number of aliphatic hydroxyl groups excluding tert-OH is 1. The summed E-state index contributed by atoms with van der Waals surface area (Å²) < 4.78 is 20.0. The quantitative estimate of drug-likeness (QED) is 0.793. The number of imidazole rings is 1. The number of hydrogen-bond donors (Lipinski definition) is 2. The summed E-state index contributed by atoms with van der Waals surface area (Å²) in [5.74, 6) is -0.713. The second-order valence-corrected chi connectivity index (χ2v) is 6.26. The molecule has 0 aliphatic carbocycles. The molecule has 2 aromatic rings. The average molecular weight is 324 g/mol. The van der Waals surface area contributed by atoms with Gasteiger partial charge in [0.25, 0.3) is 0 Å². The SMILES string of the molecule is CC1(C)O[C@@H]2[C@@H](O1)[C@@H](n1cnc3c(=S)nc[nH]c31)O[C@@H]2CO. The van der Waals surface area contributed by atoms with Gasteiger partial charge in [-0.2, -0.15) is 0 Å². The van der Waals surface area contributed by atoms with Gasteiger partial charge in [0.05, 0.1) is 19.3 Å². The van der Waals surface area contributed by atoms with Crippen LogP contribution in [0.3, 0.4) is 0 Å². The summed E-state index contributed by atoms with van der Waals surface area (Å²) in [6, 6.07) is 0. The van der Waals surface area contributed by atoms with Crippen molar-refractivity contribution in [1.82, 2.24) is 19.5 Å². The van der Waals surface area contributed by atoms with Crippen LogP contribution >= 0.6 is 12.2 Å². The zero-order chi connectivity index (χ0) is 15.5. The van der Waals surface area contributed by atoms with E-state index < -0.39 is 18.1 Å². The monoisotopic (exact) mass is 324 g/mol. The van der Waals surface area contributed by atoms with Crippen LogP contribution in [0, 0.1) is 4.64 Å². The van der Waals surface area contributed by atoms with Crippen molar-refractivity contribution >= 4 is 23.4 Å². The third-order valence-electron chi connectivity index (χ3n) is 3.96. The van der Waals surface area contributed by atoms with Crippen molar-refractivity contribution in [2.75, 3.05) is 6.61 Å². The van der Waals surface area contributed by atoms with Crippen molar-refractivity contribution in [3.8, 4) is 0 Å². The molecule has 2 aromatic heterocycles. The minimum Gasteiger partial charge on any atom is -0.394 e. The molecule has 22 heavy (non-hydrogen) atoms. The number of rotatable bonds is 2. The molecule has 4 heterocycles. The zero-order valence-corrected chi connectivity index (χ0v) is 12.9. The predicted molar refractivity (Wildman–Crippen MR) is 77.5 cm³/mol. The molecule has 0 amide bonds. The van der Waals surface area contributed by atoms with Crippen LogP contribution in [0.25, 0.3) is 11.2 Å². The van der Waals surface area contributed by atoms with E-state index in [4.69, 9.17) is 26.4 Å². The van der Waals surface area contributed by atoms with E-state index in [1.807, 2.05) is 18.4 Å². The summed E-state index contributed by atoms with van der Waals surface area (Å²) >= 11 is 5.17. The van der Waals surface area contributed by atoms with E-state index in [1.54, 1.807) is 6.33 Å². The third kappa shape index (κ3) is 2.01. The van der Waals surface area contributed by atoms with Crippen molar-refractivity contribution in [1.29, 1.82) is 0 Å². The molecule has 0 radical (unpaired) electrons. The second kappa shape index (κ2) is 4.80. The minimum absolute atomic E-state index is 0.138. The second-order valence-electron chi connectivity index (χ2n) is 5.87. The first-order chi connectivity index (χ1) is 10.5. The van der Waals surface area contributed by atoms with Gasteiger partial charge in [0.1, 0.15) is 29.5 Å². The molecule has 2 aliphatic rings. The molecule has 118 valence electrons. The smallest absolute Gasteiger partial charge is 0.166 e. The largest absolute Gasteiger partial charge is 0.394 e. The van der Waals surface area contributed by atoms with Crippen molar-refractivity contribution in [3.05, 3.63) is 17.3 Å². The molecule has 0 spiro atoms. The number of nitrogens with one attached hydrogen (secondary N) is 1. The Labute approximate surface area is 131 Å². The Balaban J connectivity index is 1.78. The van der Waals surface area contributed by atoms with Gasteiger partial charge in [0.15, 0.2) is 16.7 Å². The number of H-pyrrole nitrogens is 1. The van der Waals surface area contributed by atoms with E-state index in [1.165, 1.54) is 6.33 Å². The lowest BCUT2D eigenvalue weighted by molar-refractivity contribution is -0.199. The van der Waals surface area contributed by atoms with Gasteiger partial charge >= 0.3 is 0 Å². The predicted octanol–water partition coefficient (Wildman–Crippen LogP) is 0.899. The van der Waals surface area contributed by atoms with Crippen molar-refractivity contribution < 1.29 is 19.3 Å². The van der Waals surface area contributed by atoms with Crippen LogP contribution in [-0.4, -0.2) is 55.3 Å². The first-order valence-corrected chi connectivity index (χ1v) is 7.43. The molecule has 0 bridgehead atoms. The molecule has 4 atom stereocenters. The molecule has 2 fully saturated rings. The van der Waals surface area contributed by atoms with Crippen LogP contribution < -0.4 is 0 Å². The highest BCUT2D eigenvalue weighted by Crippen LogP contribution is 2.43. The van der Waals surface area contributed by atoms with Crippen LogP contribution in [0.4, 0.5) is 0 Å². The maximum atomic E-state index is 9.54. The molecule has 0 saturated carbocycles. The first-order valence-electron chi connectivity index (χ1n) is 7.02. The average Bonchev–Trinajstić information content (AvgIpc) is 3.10. The number of ether oxygens (including phenoxy) is 3. The highest BCUT2D eigenvalue weighted by Gasteiger charge is 2.55. The fourth-order valence-corrected chi connectivity index (χ4v) is 3.30. The van der Waals surface area contributed by atoms with Crippen molar-refractivity contribution in [2.45, 2.75) is 44.2 Å². The highest BCUT2D eigenvalue weighted by molar-refractivity contribution is 7.71. The van der Waals surface area contributed by atoms with Gasteiger partial charge in [-0.3, -0.25) is 4.57 Å². The molecular formula is C13H16N4O4S. The third-order valence-corrected chi connectivity index (χ3v) is 4.26. The van der Waals surface area contributed by atoms with Gasteiger partial charge in [-0.15, -0.1) is 0 Å². The number of aliphatic hydroxyl groups is 1. The molecular weight excluding hydrogens is 308 g/mol. The fourth-order valence-electron chi connectivity index (χ4n) is 3.10. The van der Waals surface area contributed by atoms with Gasteiger partial charge in [0, 0.05) is 0 Å². The molecule has 8 nitrogen and oxygen atoms in total. The lowest BCUT2D eigenvalue weighted by atomic mass is 10.1. The summed E-state index contributed by atoms with van der Waals surface area (Å²) in [5.41, 5.74) is 1.30. The molecule has 4 rings (SSSR count). The van der Waals surface area contributed by atoms with Crippen molar-refractivity contribution in [2.24, 2.45) is 0 Å². The van der Waals surface area contributed by atoms with Gasteiger partial charge in [-0.05, 0) is 13.8 Å². The number of hydrogen-bond acceptors (Lipinski definition) is 7. The van der Waals surface area contributed by atoms with E-state index in [-0.39, 0.29) is 18.8 Å². The maximum Gasteiger partial charge on any atom is 0.166 e. The molecule has 2 saturated heterocycles. The highest BCUT2D eigenvalue weighted by atomic mass is 32.1. The molecule has 2 aliphatic heterocycles. The topological polar surface area (TPSA) is 94.4 Å². The van der Waals surface area contributed by atoms with E-state index in [2.05, 4.69) is 15.0 Å². The summed E-state index contributed by atoms with van der Waals surface area (Å²) in [4.78, 5) is 11.3. The van der Waals surface area contributed by atoms with Gasteiger partial charge in [0.2, 0.25) is 0 Å². The van der Waals surface area contributed by atoms with E-state index in [9.17, 15) is 5.11 Å². The Bertz CT molecular complexity index is 773. The van der Waals surface area contributed by atoms with E-state index in [0.29, 0.717) is 15.8 Å². The Morgan fingerprint density at radius 2 is 2.14 bits per heavy atom. The normalized spacial score (nSPS) is 33.4. The molecule has 9 heteroatoms. The summed E-state index contributed by atoms with van der Waals surface area (Å²) in [7, 11) is 0. The molecule has 0 unspecified atom stereocenters. The zero-order valence-electron chi connectivity index (χ0n) is 12.1. The summed E-state index contributed by atoms with van der Waals surface area (Å²) in [6.07, 6.45) is 1.59. The molecule has 0 aromatic carbocycles. The maximum absolute atomic E-state index is 9.54. The standard InChI is InChI=1S/C13H16N4O4S/c1-13(2)20-8-6(3-18)19-12(9(8)21-13)17-5-16-7-10(17)14-4-15-11(7)22/h4-6,8-9,12,18H,3H2,1-2H3,(H,14,15,22)/t6-,8+,9-,12+/m1/s1. The Morgan fingerprint density at radius 1 is 1.36 bits per heavy atom. The lowest BCUT2D eigenvalue weighted by Crippen LogP contribution is -2.31. The van der Waals surface area contributed by atoms with Gasteiger partial charge in [-0.25, -0.2) is 9.97 Å². The summed E-state index contributed by atoms with van der Waals surface area (Å²) in [5, 5.41) is 9.54. The van der Waals surface area contributed by atoms with E-state index in [0.717, 1.165) is 0 Å². The van der Waals surface area contributed by atoms with Crippen LogP contribution in [0.1, 0.15) is 20.1 Å². The number of nitrogens with zero attached hydrogens (tertiary/aromatic N) is 3. The number of aromatic nitrogens is 4. The Kier molecular flexibility index (Phi) is 3.10. The van der Waals surface area contributed by atoms with Gasteiger partial charge < -0.3 is 24.3 Å². The fraction of sp³-hybridized carbons (Fsp3) is 0.615. The minimum atomic E-state index is -0.713. The van der Waals surface area contributed by atoms with Crippen molar-refractivity contribution in [3.63, 3.8) is 0 Å². The van der Waals surface area contributed by atoms with E-state index >= 15 is 0 Å². The van der Waals surface area contributed by atoms with Crippen LogP contribution in [0.5, 0.6) is 0 Å². The summed E-state index contributed by atoms with van der Waals surface area (Å²) in [6.45, 7) is 3.56. The van der Waals surface area contributed by atoms with Crippen LogP contribution in [-0.2, 0) is 14.2 Å². The Morgan fingerprint density at radius 3 is 2.91 bits per heavy atom. The lowest BCUT2D eigenvalue weighted by Gasteiger charge is -2.24. The van der Waals surface area contributed by atoms with Gasteiger partial charge in [-0.1, -0.05) is 12.2 Å². The number of aromatic amines is 1.